The van der Waals surface area contributed by atoms with E-state index in [0.29, 0.717) is 5.56 Å². The van der Waals surface area contributed by atoms with Gasteiger partial charge in [0.25, 0.3) is 0 Å². The number of rotatable bonds is 8. The molecule has 0 amide bonds. The summed E-state index contributed by atoms with van der Waals surface area (Å²) < 4.78 is 6.00. The lowest BCUT2D eigenvalue weighted by Gasteiger charge is -2.33. The maximum absolute atomic E-state index is 14.3. The summed E-state index contributed by atoms with van der Waals surface area (Å²) in [6.45, 7) is 0. The molecule has 0 aliphatic carbocycles. The summed E-state index contributed by atoms with van der Waals surface area (Å²) in [6.07, 6.45) is -0.0160. The van der Waals surface area contributed by atoms with Gasteiger partial charge in [0.05, 0.1) is 13.5 Å². The Morgan fingerprint density at radius 2 is 1.12 bits per heavy atom. The normalized spacial score (nSPS) is 12.1. The molecule has 0 aliphatic heterocycles. The first-order valence-corrected chi connectivity index (χ1v) is 13.6. The number of hydrogen-bond acceptors (Lipinski definition) is 3. The van der Waals surface area contributed by atoms with E-state index in [4.69, 9.17) is 4.74 Å². The lowest BCUT2D eigenvalue weighted by Crippen LogP contribution is -2.43. The lowest BCUT2D eigenvalue weighted by molar-refractivity contribution is -0.140. The Kier molecular flexibility index (Phi) is 7.72. The van der Waals surface area contributed by atoms with Gasteiger partial charge in [0, 0.05) is 10.0 Å². The molecule has 170 valence electrons. The number of halogens is 1. The number of Topliss-reactive ketones (excluding diaryl/α,β-unsaturated/α-hetero) is 1. The minimum absolute atomic E-state index is 0.0160. The van der Waals surface area contributed by atoms with Crippen LogP contribution >= 0.6 is 23.2 Å². The van der Waals surface area contributed by atoms with Crippen molar-refractivity contribution >= 4 is 50.9 Å². The van der Waals surface area contributed by atoms with Gasteiger partial charge in [-0.2, -0.15) is 0 Å². The second kappa shape index (κ2) is 10.9. The van der Waals surface area contributed by atoms with Crippen LogP contribution in [0.15, 0.2) is 120 Å². The van der Waals surface area contributed by atoms with Crippen molar-refractivity contribution in [2.75, 3.05) is 7.11 Å². The topological polar surface area (TPSA) is 43.4 Å². The van der Waals surface area contributed by atoms with Gasteiger partial charge in [-0.3, -0.25) is 9.59 Å². The molecule has 0 saturated carbocycles. The van der Waals surface area contributed by atoms with E-state index in [1.807, 2.05) is 78.9 Å². The molecular formula is C29H25BrO3P+. The fourth-order valence-corrected chi connectivity index (χ4v) is 9.52. The van der Waals surface area contributed by atoms with Gasteiger partial charge in [0.15, 0.2) is 5.66 Å². The molecule has 0 radical (unpaired) electrons. The number of hydrogen-bond donors (Lipinski definition) is 0. The maximum Gasteiger partial charge on any atom is 0.310 e. The van der Waals surface area contributed by atoms with Crippen molar-refractivity contribution in [1.82, 2.24) is 0 Å². The van der Waals surface area contributed by atoms with Crippen molar-refractivity contribution in [3.8, 4) is 0 Å². The molecule has 0 spiro atoms. The summed E-state index contributed by atoms with van der Waals surface area (Å²) in [7, 11) is -1.25. The smallest absolute Gasteiger partial charge is 0.310 e. The van der Waals surface area contributed by atoms with Crippen LogP contribution in [-0.2, 0) is 9.53 Å². The number of ether oxygens (including phenoxy) is 1. The molecule has 0 heterocycles. The highest BCUT2D eigenvalue weighted by atomic mass is 79.9. The highest BCUT2D eigenvalue weighted by Crippen LogP contribution is 2.61. The predicted molar refractivity (Wildman–Crippen MR) is 144 cm³/mol. The van der Waals surface area contributed by atoms with Crippen molar-refractivity contribution in [1.29, 1.82) is 0 Å². The average Bonchev–Trinajstić information content (AvgIpc) is 2.90. The number of ketones is 1. The lowest BCUT2D eigenvalue weighted by atomic mass is 10.1. The van der Waals surface area contributed by atoms with E-state index >= 15 is 0 Å². The van der Waals surface area contributed by atoms with E-state index in [-0.39, 0.29) is 12.2 Å². The van der Waals surface area contributed by atoms with Crippen LogP contribution < -0.4 is 15.9 Å². The van der Waals surface area contributed by atoms with E-state index < -0.39 is 18.9 Å². The summed E-state index contributed by atoms with van der Waals surface area (Å²) >= 11 is 3.45. The van der Waals surface area contributed by atoms with E-state index in [0.717, 1.165) is 20.4 Å². The molecule has 4 aromatic carbocycles. The van der Waals surface area contributed by atoms with Crippen LogP contribution in [0.25, 0.3) is 0 Å². The van der Waals surface area contributed by atoms with Crippen LogP contribution in [0.3, 0.4) is 0 Å². The van der Waals surface area contributed by atoms with Gasteiger partial charge in [0.2, 0.25) is 5.78 Å². The Labute approximate surface area is 209 Å². The zero-order valence-corrected chi connectivity index (χ0v) is 21.3. The Morgan fingerprint density at radius 3 is 1.50 bits per heavy atom. The van der Waals surface area contributed by atoms with Crippen LogP contribution in [-0.4, -0.2) is 24.5 Å². The van der Waals surface area contributed by atoms with E-state index in [2.05, 4.69) is 52.3 Å². The van der Waals surface area contributed by atoms with Gasteiger partial charge in [-0.1, -0.05) is 82.7 Å². The Bertz CT molecular complexity index is 1150. The van der Waals surface area contributed by atoms with Crippen molar-refractivity contribution in [2.24, 2.45) is 0 Å². The molecule has 0 N–H and O–H groups in total. The predicted octanol–water partition coefficient (Wildman–Crippen LogP) is 5.56. The van der Waals surface area contributed by atoms with Crippen molar-refractivity contribution < 1.29 is 14.3 Å². The molecule has 0 fully saturated rings. The molecule has 0 aromatic heterocycles. The molecule has 0 saturated heterocycles. The third-order valence-corrected chi connectivity index (χ3v) is 11.2. The fraction of sp³-hybridized carbons (Fsp3) is 0.103. The first-order valence-electron chi connectivity index (χ1n) is 11.0. The first-order chi connectivity index (χ1) is 16.6. The second-order valence-corrected chi connectivity index (χ2v) is 12.4. The van der Waals surface area contributed by atoms with E-state index in [1.54, 1.807) is 0 Å². The zero-order chi connectivity index (χ0) is 24.0. The highest BCUT2D eigenvalue weighted by molar-refractivity contribution is 9.10. The molecule has 1 atom stereocenters. The molecule has 4 rings (SSSR count). The fourth-order valence-electron chi connectivity index (χ4n) is 4.43. The van der Waals surface area contributed by atoms with Crippen LogP contribution in [0.2, 0.25) is 0 Å². The van der Waals surface area contributed by atoms with Crippen molar-refractivity contribution in [3.63, 3.8) is 0 Å². The monoisotopic (exact) mass is 531 g/mol. The molecule has 0 aliphatic rings. The molecule has 1 unspecified atom stereocenters. The van der Waals surface area contributed by atoms with Gasteiger partial charge in [-0.05, 0) is 48.5 Å². The molecular weight excluding hydrogens is 507 g/mol. The largest absolute Gasteiger partial charge is 0.469 e. The Hall–Kier alpha value is -3.07. The molecule has 3 nitrogen and oxygen atoms in total. The third-order valence-electron chi connectivity index (χ3n) is 5.98. The highest BCUT2D eigenvalue weighted by Gasteiger charge is 2.56. The minimum Gasteiger partial charge on any atom is -0.469 e. The summed E-state index contributed by atoms with van der Waals surface area (Å²) in [5, 5.41) is 3.14. The van der Waals surface area contributed by atoms with Gasteiger partial charge >= 0.3 is 5.97 Å². The number of benzene rings is 4. The maximum atomic E-state index is 14.3. The quantitative estimate of drug-likeness (QED) is 0.170. The zero-order valence-electron chi connectivity index (χ0n) is 18.8. The summed E-state index contributed by atoms with van der Waals surface area (Å²) in [4.78, 5) is 27.1. The van der Waals surface area contributed by atoms with Crippen LogP contribution in [0, 0.1) is 0 Å². The van der Waals surface area contributed by atoms with Crippen LogP contribution in [0.1, 0.15) is 16.8 Å². The second-order valence-electron chi connectivity index (χ2n) is 7.90. The minimum atomic E-state index is -2.63. The van der Waals surface area contributed by atoms with Gasteiger partial charge < -0.3 is 4.74 Å². The SMILES string of the molecule is COC(=O)CC(C(=O)c1ccc(Br)cc1)[P+](c1ccccc1)(c1ccccc1)c1ccccc1. The van der Waals surface area contributed by atoms with Crippen LogP contribution in [0.5, 0.6) is 0 Å². The standard InChI is InChI=1S/C29H25BrO3P/c1-33-28(31)21-27(29(32)22-17-19-23(30)20-18-22)34(24-11-5-2-6-12-24,25-13-7-3-8-14-25)26-15-9-4-10-16-26/h2-20,27H,21H2,1H3/q+1. The average molecular weight is 532 g/mol. The first kappa shape index (κ1) is 24.1. The molecule has 4 aromatic rings. The summed E-state index contributed by atoms with van der Waals surface area (Å²) in [5.41, 5.74) is -0.0578. The molecule has 34 heavy (non-hydrogen) atoms. The van der Waals surface area contributed by atoms with E-state index in [1.165, 1.54) is 7.11 Å². The van der Waals surface area contributed by atoms with Gasteiger partial charge in [0.1, 0.15) is 23.2 Å². The van der Waals surface area contributed by atoms with Crippen LogP contribution in [0.4, 0.5) is 0 Å². The number of carbonyl (C=O) groups excluding carboxylic acids is 2. The summed E-state index contributed by atoms with van der Waals surface area (Å²) in [6, 6.07) is 37.7. The molecule has 0 bridgehead atoms. The number of methoxy groups -OCH3 is 1. The Morgan fingerprint density at radius 1 is 0.706 bits per heavy atom. The number of esters is 1. The van der Waals surface area contributed by atoms with E-state index in [9.17, 15) is 9.59 Å². The van der Waals surface area contributed by atoms with Crippen molar-refractivity contribution in [2.45, 2.75) is 12.1 Å². The third kappa shape index (κ3) is 4.75. The van der Waals surface area contributed by atoms with Gasteiger partial charge in [-0.25, -0.2) is 0 Å². The Balaban J connectivity index is 2.07. The van der Waals surface area contributed by atoms with Crippen molar-refractivity contribution in [3.05, 3.63) is 125 Å². The summed E-state index contributed by atoms with van der Waals surface area (Å²) in [5.74, 6) is -0.467. The molecule has 5 heteroatoms. The number of carbonyl (C=O) groups is 2. The van der Waals surface area contributed by atoms with Gasteiger partial charge in [-0.15, -0.1) is 0 Å².